The lowest BCUT2D eigenvalue weighted by Gasteiger charge is -2.08. The standard InChI is InChI=1S/C9H13F3N4O2S/c1-13-8-14-5-7(6-15-8)19(17,18)16-4-2-3-9(10,11)12/h5-6,16H,2-4H2,1H3,(H,13,14,15). The summed E-state index contributed by atoms with van der Waals surface area (Å²) in [6.45, 7) is -0.296. The Balaban J connectivity index is 2.56. The molecule has 1 rings (SSSR count). The van der Waals surface area contributed by atoms with E-state index in [-0.39, 0.29) is 23.8 Å². The molecule has 19 heavy (non-hydrogen) atoms. The first-order chi connectivity index (χ1) is 8.74. The van der Waals surface area contributed by atoms with Crippen molar-refractivity contribution in [3.8, 4) is 0 Å². The molecule has 0 aliphatic carbocycles. The van der Waals surface area contributed by atoms with Gasteiger partial charge in [-0.2, -0.15) is 13.2 Å². The lowest BCUT2D eigenvalue weighted by Crippen LogP contribution is -2.26. The minimum absolute atomic E-state index is 0.196. The monoisotopic (exact) mass is 298 g/mol. The maximum Gasteiger partial charge on any atom is 0.389 e. The minimum atomic E-state index is -4.29. The van der Waals surface area contributed by atoms with Crippen molar-refractivity contribution in [2.24, 2.45) is 0 Å². The van der Waals surface area contributed by atoms with Gasteiger partial charge in [0.25, 0.3) is 0 Å². The summed E-state index contributed by atoms with van der Waals surface area (Å²) in [5.41, 5.74) is 0. The second-order valence-corrected chi connectivity index (χ2v) is 5.38. The Labute approximate surface area is 108 Å². The largest absolute Gasteiger partial charge is 0.389 e. The summed E-state index contributed by atoms with van der Waals surface area (Å²) < 4.78 is 61.0. The number of hydrogen-bond donors (Lipinski definition) is 2. The zero-order valence-electron chi connectivity index (χ0n) is 10.0. The van der Waals surface area contributed by atoms with E-state index >= 15 is 0 Å². The van der Waals surface area contributed by atoms with E-state index in [2.05, 4.69) is 20.0 Å². The maximum absolute atomic E-state index is 11.9. The number of sulfonamides is 1. The molecular weight excluding hydrogens is 285 g/mol. The van der Waals surface area contributed by atoms with E-state index in [0.717, 1.165) is 12.4 Å². The molecule has 0 unspecified atom stereocenters. The molecule has 0 spiro atoms. The summed E-state index contributed by atoms with van der Waals surface area (Å²) in [6.07, 6.45) is -3.50. The molecule has 1 aromatic heterocycles. The van der Waals surface area contributed by atoms with Crippen molar-refractivity contribution in [1.82, 2.24) is 14.7 Å². The Morgan fingerprint density at radius 3 is 2.32 bits per heavy atom. The molecule has 0 amide bonds. The molecule has 1 aromatic rings. The number of halogens is 3. The Hall–Kier alpha value is -1.42. The molecule has 0 saturated carbocycles. The van der Waals surface area contributed by atoms with Crippen LogP contribution in [-0.4, -0.2) is 38.2 Å². The highest BCUT2D eigenvalue weighted by Crippen LogP contribution is 2.20. The van der Waals surface area contributed by atoms with Gasteiger partial charge in [0.05, 0.1) is 12.4 Å². The molecule has 0 radical (unpaired) electrons. The van der Waals surface area contributed by atoms with Crippen LogP contribution in [0.2, 0.25) is 0 Å². The van der Waals surface area contributed by atoms with E-state index < -0.39 is 22.6 Å². The van der Waals surface area contributed by atoms with Crippen LogP contribution < -0.4 is 10.0 Å². The van der Waals surface area contributed by atoms with E-state index in [0.29, 0.717) is 0 Å². The molecule has 6 nitrogen and oxygen atoms in total. The Kier molecular flexibility index (Phi) is 5.06. The van der Waals surface area contributed by atoms with Crippen molar-refractivity contribution in [3.05, 3.63) is 12.4 Å². The summed E-state index contributed by atoms with van der Waals surface area (Å²) >= 11 is 0. The third kappa shape index (κ3) is 5.39. The lowest BCUT2D eigenvalue weighted by atomic mass is 10.3. The van der Waals surface area contributed by atoms with Gasteiger partial charge in [-0.05, 0) is 6.42 Å². The van der Waals surface area contributed by atoms with Gasteiger partial charge >= 0.3 is 6.18 Å². The van der Waals surface area contributed by atoms with Crippen molar-refractivity contribution in [2.45, 2.75) is 23.9 Å². The normalized spacial score (nSPS) is 12.4. The zero-order chi connectivity index (χ0) is 14.5. The average Bonchev–Trinajstić information content (AvgIpc) is 2.34. The number of hydrogen-bond acceptors (Lipinski definition) is 5. The molecule has 0 aromatic carbocycles. The molecular formula is C9H13F3N4O2S. The number of aromatic nitrogens is 2. The van der Waals surface area contributed by atoms with Crippen LogP contribution in [0.25, 0.3) is 0 Å². The highest BCUT2D eigenvalue weighted by molar-refractivity contribution is 7.89. The number of anilines is 1. The fraction of sp³-hybridized carbons (Fsp3) is 0.556. The quantitative estimate of drug-likeness (QED) is 0.769. The summed E-state index contributed by atoms with van der Waals surface area (Å²) in [5, 5.41) is 2.61. The van der Waals surface area contributed by atoms with E-state index in [4.69, 9.17) is 0 Å². The SMILES string of the molecule is CNc1ncc(S(=O)(=O)NCCCC(F)(F)F)cn1. The molecule has 2 N–H and O–H groups in total. The van der Waals surface area contributed by atoms with Crippen LogP contribution >= 0.6 is 0 Å². The van der Waals surface area contributed by atoms with Crippen LogP contribution in [0.15, 0.2) is 17.3 Å². The Morgan fingerprint density at radius 2 is 1.84 bits per heavy atom. The van der Waals surface area contributed by atoms with Gasteiger partial charge in [0.15, 0.2) is 0 Å². The first kappa shape index (κ1) is 15.6. The Bertz CT molecular complexity index is 501. The van der Waals surface area contributed by atoms with Gasteiger partial charge in [-0.3, -0.25) is 0 Å². The van der Waals surface area contributed by atoms with Crippen LogP contribution in [-0.2, 0) is 10.0 Å². The minimum Gasteiger partial charge on any atom is -0.357 e. The van der Waals surface area contributed by atoms with Crippen LogP contribution in [0.1, 0.15) is 12.8 Å². The number of nitrogens with one attached hydrogen (secondary N) is 2. The van der Waals surface area contributed by atoms with Crippen molar-refractivity contribution in [1.29, 1.82) is 0 Å². The smallest absolute Gasteiger partial charge is 0.357 e. The summed E-state index contributed by atoms with van der Waals surface area (Å²) in [7, 11) is -2.30. The van der Waals surface area contributed by atoms with Crippen molar-refractivity contribution >= 4 is 16.0 Å². The van der Waals surface area contributed by atoms with Gasteiger partial charge in [-0.15, -0.1) is 0 Å². The van der Waals surface area contributed by atoms with Gasteiger partial charge in [0, 0.05) is 20.0 Å². The summed E-state index contributed by atoms with van der Waals surface area (Å²) in [5.74, 6) is 0.246. The van der Waals surface area contributed by atoms with Gasteiger partial charge < -0.3 is 5.32 Å². The van der Waals surface area contributed by atoms with Crippen molar-refractivity contribution < 1.29 is 21.6 Å². The van der Waals surface area contributed by atoms with Crippen LogP contribution in [0.3, 0.4) is 0 Å². The molecule has 0 bridgehead atoms. The topological polar surface area (TPSA) is 84.0 Å². The van der Waals surface area contributed by atoms with E-state index in [1.54, 1.807) is 7.05 Å². The zero-order valence-corrected chi connectivity index (χ0v) is 10.8. The predicted octanol–water partition coefficient (Wildman–Crippen LogP) is 1.14. The molecule has 0 saturated heterocycles. The molecule has 0 fully saturated rings. The first-order valence-electron chi connectivity index (χ1n) is 5.31. The molecule has 1 heterocycles. The molecule has 0 atom stereocenters. The summed E-state index contributed by atoms with van der Waals surface area (Å²) in [4.78, 5) is 7.22. The number of alkyl halides is 3. The third-order valence-electron chi connectivity index (χ3n) is 2.09. The highest BCUT2D eigenvalue weighted by Gasteiger charge is 2.26. The molecule has 10 heteroatoms. The fourth-order valence-electron chi connectivity index (χ4n) is 1.16. The molecule has 108 valence electrons. The second-order valence-electron chi connectivity index (χ2n) is 3.61. The third-order valence-corrected chi connectivity index (χ3v) is 3.51. The van der Waals surface area contributed by atoms with Crippen LogP contribution in [0.5, 0.6) is 0 Å². The van der Waals surface area contributed by atoms with Gasteiger partial charge in [-0.1, -0.05) is 0 Å². The van der Waals surface area contributed by atoms with Crippen LogP contribution in [0.4, 0.5) is 19.1 Å². The van der Waals surface area contributed by atoms with Gasteiger partial charge in [-0.25, -0.2) is 23.1 Å². The fourth-order valence-corrected chi connectivity index (χ4v) is 2.13. The maximum atomic E-state index is 11.9. The summed E-state index contributed by atoms with van der Waals surface area (Å²) in [6, 6.07) is 0. The van der Waals surface area contributed by atoms with Gasteiger partial charge in [0.2, 0.25) is 16.0 Å². The van der Waals surface area contributed by atoms with Crippen molar-refractivity contribution in [3.63, 3.8) is 0 Å². The van der Waals surface area contributed by atoms with Crippen molar-refractivity contribution in [2.75, 3.05) is 18.9 Å². The average molecular weight is 298 g/mol. The molecule has 0 aliphatic heterocycles. The first-order valence-corrected chi connectivity index (χ1v) is 6.79. The van der Waals surface area contributed by atoms with Gasteiger partial charge in [0.1, 0.15) is 4.90 Å². The van der Waals surface area contributed by atoms with E-state index in [9.17, 15) is 21.6 Å². The second kappa shape index (κ2) is 6.15. The highest BCUT2D eigenvalue weighted by atomic mass is 32.2. The van der Waals surface area contributed by atoms with E-state index in [1.807, 2.05) is 0 Å². The number of rotatable bonds is 6. The van der Waals surface area contributed by atoms with Crippen LogP contribution in [0, 0.1) is 0 Å². The number of nitrogens with zero attached hydrogens (tertiary/aromatic N) is 2. The predicted molar refractivity (Wildman–Crippen MR) is 62.1 cm³/mol. The Morgan fingerprint density at radius 1 is 1.26 bits per heavy atom. The lowest BCUT2D eigenvalue weighted by molar-refractivity contribution is -0.135. The molecule has 0 aliphatic rings. The van der Waals surface area contributed by atoms with E-state index in [1.165, 1.54) is 0 Å².